The topological polar surface area (TPSA) is 39.7 Å². The molecule has 0 radical (unpaired) electrons. The summed E-state index contributed by atoms with van der Waals surface area (Å²) < 4.78 is 16.2. The Morgan fingerprint density at radius 2 is 1.42 bits per heavy atom. The number of nitrogens with one attached hydrogen (secondary N) is 1. The van der Waals surface area contributed by atoms with Crippen LogP contribution in [0.4, 0.5) is 11.4 Å². The Hall–Kier alpha value is -1.92. The average molecular weight is 343 g/mol. The quantitative estimate of drug-likeness (QED) is 0.669. The number of benzene rings is 2. The second kappa shape index (κ2) is 9.39. The van der Waals surface area contributed by atoms with E-state index in [4.69, 9.17) is 13.3 Å². The summed E-state index contributed by atoms with van der Waals surface area (Å²) in [5.74, 6) is 0. The standard InChI is InChI=1S/C19H25NO3Si/c1-21-24(22-2,23-3)16-8-7-9-17-12-14-19(15-13-17)20-18-10-5-4-6-11-18/h4-7,9-15,20H,8,16H2,1-3H3/b9-7-. The highest BCUT2D eigenvalue weighted by Crippen LogP contribution is 2.18. The van der Waals surface area contributed by atoms with Gasteiger partial charge in [-0.2, -0.15) is 0 Å². The van der Waals surface area contributed by atoms with Crippen LogP contribution in [-0.2, 0) is 13.3 Å². The van der Waals surface area contributed by atoms with E-state index < -0.39 is 8.80 Å². The van der Waals surface area contributed by atoms with Crippen LogP contribution in [0.1, 0.15) is 12.0 Å². The summed E-state index contributed by atoms with van der Waals surface area (Å²) in [5.41, 5.74) is 3.32. The molecule has 2 aromatic rings. The van der Waals surface area contributed by atoms with E-state index in [-0.39, 0.29) is 0 Å². The molecule has 24 heavy (non-hydrogen) atoms. The van der Waals surface area contributed by atoms with Crippen molar-refractivity contribution in [2.24, 2.45) is 0 Å². The van der Waals surface area contributed by atoms with E-state index in [0.717, 1.165) is 29.4 Å². The van der Waals surface area contributed by atoms with Crippen molar-refractivity contribution in [3.8, 4) is 0 Å². The summed E-state index contributed by atoms with van der Waals surface area (Å²) in [6.07, 6.45) is 5.08. The average Bonchev–Trinajstić information content (AvgIpc) is 2.65. The molecule has 0 bridgehead atoms. The van der Waals surface area contributed by atoms with Gasteiger partial charge in [-0.05, 0) is 36.2 Å². The fourth-order valence-electron chi connectivity index (χ4n) is 2.40. The number of allylic oxidation sites excluding steroid dienone is 1. The molecule has 0 aliphatic carbocycles. The van der Waals surface area contributed by atoms with Crippen molar-refractivity contribution in [3.63, 3.8) is 0 Å². The molecule has 0 aliphatic rings. The molecule has 0 unspecified atom stereocenters. The Morgan fingerprint density at radius 3 is 2.00 bits per heavy atom. The zero-order valence-electron chi connectivity index (χ0n) is 14.5. The number of anilines is 2. The third-order valence-electron chi connectivity index (χ3n) is 3.83. The number of rotatable bonds is 9. The van der Waals surface area contributed by atoms with Gasteiger partial charge in [-0.1, -0.05) is 42.5 Å². The van der Waals surface area contributed by atoms with Gasteiger partial charge in [-0.3, -0.25) is 0 Å². The monoisotopic (exact) mass is 343 g/mol. The van der Waals surface area contributed by atoms with Gasteiger partial charge in [0.1, 0.15) is 0 Å². The third kappa shape index (κ3) is 5.32. The summed E-state index contributed by atoms with van der Waals surface area (Å²) >= 11 is 0. The lowest BCUT2D eigenvalue weighted by Crippen LogP contribution is -2.42. The second-order valence-corrected chi connectivity index (χ2v) is 8.44. The third-order valence-corrected chi connectivity index (χ3v) is 6.60. The van der Waals surface area contributed by atoms with E-state index in [1.807, 2.05) is 30.3 Å². The van der Waals surface area contributed by atoms with Gasteiger partial charge in [0.2, 0.25) is 0 Å². The highest BCUT2D eigenvalue weighted by Gasteiger charge is 2.36. The summed E-state index contributed by atoms with van der Waals surface area (Å²) in [5, 5.41) is 3.37. The van der Waals surface area contributed by atoms with Crippen LogP contribution < -0.4 is 5.32 Å². The Balaban J connectivity index is 1.87. The second-order valence-electron chi connectivity index (χ2n) is 5.35. The number of hydrogen-bond donors (Lipinski definition) is 1. The van der Waals surface area contributed by atoms with Crippen LogP contribution in [-0.4, -0.2) is 30.1 Å². The van der Waals surface area contributed by atoms with Crippen LogP contribution in [0, 0.1) is 0 Å². The lowest BCUT2D eigenvalue weighted by atomic mass is 10.2. The smallest absolute Gasteiger partial charge is 0.377 e. The van der Waals surface area contributed by atoms with Gasteiger partial charge in [0.05, 0.1) is 0 Å². The van der Waals surface area contributed by atoms with Gasteiger partial charge >= 0.3 is 8.80 Å². The molecule has 0 amide bonds. The minimum absolute atomic E-state index is 0.765. The lowest BCUT2D eigenvalue weighted by Gasteiger charge is -2.23. The molecule has 2 aromatic carbocycles. The summed E-state index contributed by atoms with van der Waals surface area (Å²) in [7, 11) is 2.45. The number of hydrogen-bond acceptors (Lipinski definition) is 4. The number of para-hydroxylation sites is 1. The highest BCUT2D eigenvalue weighted by atomic mass is 28.4. The SMILES string of the molecule is CO[Si](CC/C=C\c1ccc(Nc2ccccc2)cc1)(OC)OC. The van der Waals surface area contributed by atoms with Crippen molar-refractivity contribution in [3.05, 3.63) is 66.2 Å². The minimum Gasteiger partial charge on any atom is -0.377 e. The van der Waals surface area contributed by atoms with Gasteiger partial charge < -0.3 is 18.6 Å². The molecule has 0 saturated heterocycles. The van der Waals surface area contributed by atoms with Crippen molar-refractivity contribution in [1.29, 1.82) is 0 Å². The molecule has 4 nitrogen and oxygen atoms in total. The van der Waals surface area contributed by atoms with Crippen molar-refractivity contribution in [1.82, 2.24) is 0 Å². The molecule has 0 atom stereocenters. The minimum atomic E-state index is -2.47. The molecule has 0 aliphatic heterocycles. The van der Waals surface area contributed by atoms with Gasteiger partial charge in [0.15, 0.2) is 0 Å². The zero-order valence-corrected chi connectivity index (χ0v) is 15.5. The molecule has 2 rings (SSSR count). The van der Waals surface area contributed by atoms with Crippen molar-refractivity contribution in [2.45, 2.75) is 12.5 Å². The van der Waals surface area contributed by atoms with Crippen LogP contribution >= 0.6 is 0 Å². The largest absolute Gasteiger partial charge is 0.500 e. The van der Waals surface area contributed by atoms with E-state index in [1.165, 1.54) is 0 Å². The molecular formula is C19H25NO3Si. The molecule has 0 fully saturated rings. The maximum Gasteiger partial charge on any atom is 0.500 e. The fraction of sp³-hybridized carbons (Fsp3) is 0.263. The molecule has 0 saturated carbocycles. The van der Waals surface area contributed by atoms with Crippen molar-refractivity contribution in [2.75, 3.05) is 26.6 Å². The first kappa shape index (κ1) is 18.4. The molecule has 128 valence electrons. The fourth-order valence-corrected chi connectivity index (χ4v) is 4.03. The Kier molecular flexibility index (Phi) is 7.21. The first-order valence-electron chi connectivity index (χ1n) is 7.95. The molecule has 0 aromatic heterocycles. The molecular weight excluding hydrogens is 318 g/mol. The molecule has 1 N–H and O–H groups in total. The first-order chi connectivity index (χ1) is 11.7. The van der Waals surface area contributed by atoms with E-state index in [9.17, 15) is 0 Å². The Bertz CT molecular complexity index is 617. The predicted molar refractivity (Wildman–Crippen MR) is 101 cm³/mol. The molecule has 0 spiro atoms. The normalized spacial score (nSPS) is 11.8. The zero-order chi connectivity index (χ0) is 17.3. The maximum atomic E-state index is 5.41. The van der Waals surface area contributed by atoms with E-state index >= 15 is 0 Å². The van der Waals surface area contributed by atoms with Gasteiger partial charge in [0.25, 0.3) is 0 Å². The molecule has 0 heterocycles. The van der Waals surface area contributed by atoms with E-state index in [1.54, 1.807) is 21.3 Å². The van der Waals surface area contributed by atoms with Gasteiger partial charge in [-0.25, -0.2) is 0 Å². The van der Waals surface area contributed by atoms with Crippen LogP contribution in [0.2, 0.25) is 6.04 Å². The maximum absolute atomic E-state index is 5.41. The van der Waals surface area contributed by atoms with Gasteiger partial charge in [-0.15, -0.1) is 0 Å². The van der Waals surface area contributed by atoms with Gasteiger partial charge in [0, 0.05) is 38.7 Å². The highest BCUT2D eigenvalue weighted by molar-refractivity contribution is 6.60. The predicted octanol–water partition coefficient (Wildman–Crippen LogP) is 4.71. The van der Waals surface area contributed by atoms with Crippen molar-refractivity contribution < 1.29 is 13.3 Å². The summed E-state index contributed by atoms with van der Waals surface area (Å²) in [6.45, 7) is 0. The Labute approximate surface area is 145 Å². The van der Waals surface area contributed by atoms with Crippen LogP contribution in [0.15, 0.2) is 60.7 Å². The van der Waals surface area contributed by atoms with Crippen LogP contribution in [0.25, 0.3) is 6.08 Å². The van der Waals surface area contributed by atoms with E-state index in [0.29, 0.717) is 0 Å². The lowest BCUT2D eigenvalue weighted by molar-refractivity contribution is 0.124. The van der Waals surface area contributed by atoms with Crippen LogP contribution in [0.5, 0.6) is 0 Å². The van der Waals surface area contributed by atoms with Crippen LogP contribution in [0.3, 0.4) is 0 Å². The molecule has 5 heteroatoms. The Morgan fingerprint density at radius 1 is 0.833 bits per heavy atom. The first-order valence-corrected chi connectivity index (χ1v) is 9.88. The summed E-state index contributed by atoms with van der Waals surface area (Å²) in [6, 6.07) is 19.2. The van der Waals surface area contributed by atoms with Crippen molar-refractivity contribution >= 4 is 26.3 Å². The summed E-state index contributed by atoms with van der Waals surface area (Å²) in [4.78, 5) is 0. The van der Waals surface area contributed by atoms with E-state index in [2.05, 4.69) is 41.7 Å².